The predicted octanol–water partition coefficient (Wildman–Crippen LogP) is -2.73. The number of carbonyl (C=O) groups is 1. The van der Waals surface area contributed by atoms with Gasteiger partial charge in [0.2, 0.25) is 0 Å². The van der Waals surface area contributed by atoms with Crippen LogP contribution in [0.1, 0.15) is 51.4 Å². The van der Waals surface area contributed by atoms with E-state index in [1.807, 2.05) is 0 Å². The van der Waals surface area contributed by atoms with E-state index in [2.05, 4.69) is 11.0 Å². The van der Waals surface area contributed by atoms with Crippen molar-refractivity contribution in [2.45, 2.75) is 63.5 Å². The van der Waals surface area contributed by atoms with Crippen molar-refractivity contribution in [2.75, 3.05) is 13.1 Å². The Hall–Kier alpha value is 0.256. The molecule has 3 atom stereocenters. The number of allylic oxidation sites excluding steroid dienone is 1. The summed E-state index contributed by atoms with van der Waals surface area (Å²) in [6, 6.07) is 0.901. The van der Waals surface area contributed by atoms with Crippen molar-refractivity contribution < 1.29 is 46.4 Å². The van der Waals surface area contributed by atoms with Crippen molar-refractivity contribution in [3.8, 4) is 0 Å². The van der Waals surface area contributed by atoms with E-state index in [9.17, 15) is 4.79 Å². The van der Waals surface area contributed by atoms with Gasteiger partial charge in [-0.3, -0.25) is 4.79 Å². The average molecular weight is 403 g/mol. The first-order valence-electron chi connectivity index (χ1n) is 8.52. The van der Waals surface area contributed by atoms with Gasteiger partial charge >= 0.3 is 16.8 Å². The van der Waals surface area contributed by atoms with Gasteiger partial charge in [-0.25, -0.2) is 0 Å². The number of halogens is 2. The fourth-order valence-corrected chi connectivity index (χ4v) is 4.67. The molecule has 0 aromatic heterocycles. The molecule has 0 spiro atoms. The van der Waals surface area contributed by atoms with Crippen molar-refractivity contribution >= 4 is 5.78 Å². The number of Topliss-reactive ketones (excluding diaryl/α,β-unsaturated/α-hetero) is 1. The number of ketones is 1. The fraction of sp³-hybridized carbons (Fsp3) is 0.824. The first-order valence-corrected chi connectivity index (χ1v) is 8.52. The number of rotatable bonds is 1. The zero-order chi connectivity index (χ0) is 13.5. The molecule has 1 saturated carbocycles. The van der Waals surface area contributed by atoms with Crippen LogP contribution >= 0.6 is 0 Å². The number of carbonyl (C=O) groups excluding carboxylic acids is 1. The Bertz CT molecular complexity index is 438. The number of fused-ring (bicyclic) bond motifs is 4. The van der Waals surface area contributed by atoms with Crippen LogP contribution in [0.4, 0.5) is 0 Å². The number of nitrogens with zero attached hydrogens (tertiary/aromatic N) is 2. The maximum Gasteiger partial charge on any atom is 2.00 e. The first-order chi connectivity index (χ1) is 9.81. The summed E-state index contributed by atoms with van der Waals surface area (Å²) in [5, 5.41) is 5.06. The minimum atomic E-state index is 0. The third kappa shape index (κ3) is 4.27. The van der Waals surface area contributed by atoms with E-state index in [0.29, 0.717) is 23.8 Å². The molecule has 133 valence electrons. The van der Waals surface area contributed by atoms with Crippen LogP contribution in [-0.2, 0) is 21.6 Å². The Morgan fingerprint density at radius 3 is 2.35 bits per heavy atom. The molecular weight excluding hydrogens is 378 g/mol. The molecule has 0 N–H and O–H groups in total. The van der Waals surface area contributed by atoms with Crippen molar-refractivity contribution in [1.82, 2.24) is 4.90 Å². The van der Waals surface area contributed by atoms with Crippen LogP contribution < -0.4 is 24.8 Å². The van der Waals surface area contributed by atoms with Gasteiger partial charge in [0.15, 0.2) is 5.78 Å². The Labute approximate surface area is 162 Å². The maximum absolute atomic E-state index is 12.4. The smallest absolute Gasteiger partial charge is 1.00 e. The second-order valence-electron chi connectivity index (χ2n) is 7.08. The van der Waals surface area contributed by atoms with Crippen LogP contribution in [-0.4, -0.2) is 35.9 Å². The molecule has 2 bridgehead atoms. The van der Waals surface area contributed by atoms with Gasteiger partial charge in [-0.05, 0) is 12.8 Å². The maximum atomic E-state index is 12.4. The van der Waals surface area contributed by atoms with Crippen LogP contribution in [0.5, 0.6) is 0 Å². The van der Waals surface area contributed by atoms with Gasteiger partial charge in [0, 0.05) is 19.0 Å². The Kier molecular flexibility index (Phi) is 8.42. The average Bonchev–Trinajstić information content (AvgIpc) is 2.51. The van der Waals surface area contributed by atoms with E-state index in [-0.39, 0.29) is 41.6 Å². The van der Waals surface area contributed by atoms with Crippen molar-refractivity contribution in [1.29, 1.82) is 0 Å². The van der Waals surface area contributed by atoms with Gasteiger partial charge in [-0.15, -0.1) is 12.1 Å². The standard InChI is InChI=1S/C17H25N2O.2ClH.Co/c20-17-13-7-9-19(10-8-13)16(17)11-14-6-5-12-3-1-2-4-15(12)18-14;;;/h11-15H,1-10H2;2*1H;/q-1;;;+2/p-2/b16-11-;;;. The molecule has 0 aromatic carbocycles. The van der Waals surface area contributed by atoms with Crippen LogP contribution in [0, 0.1) is 11.8 Å². The second-order valence-corrected chi connectivity index (χ2v) is 7.08. The zero-order valence-corrected chi connectivity index (χ0v) is 15.9. The molecule has 0 amide bonds. The van der Waals surface area contributed by atoms with Gasteiger partial charge in [0.1, 0.15) is 0 Å². The summed E-state index contributed by atoms with van der Waals surface area (Å²) in [5.74, 6) is 1.57. The van der Waals surface area contributed by atoms with Crippen LogP contribution in [0.2, 0.25) is 0 Å². The summed E-state index contributed by atoms with van der Waals surface area (Å²) < 4.78 is 0. The van der Waals surface area contributed by atoms with E-state index >= 15 is 0 Å². The summed E-state index contributed by atoms with van der Waals surface area (Å²) in [5.41, 5.74) is 1.01. The second kappa shape index (κ2) is 9.09. The van der Waals surface area contributed by atoms with Crippen LogP contribution in [0.25, 0.3) is 5.32 Å². The Morgan fingerprint density at radius 2 is 1.65 bits per heavy atom. The van der Waals surface area contributed by atoms with E-state index in [4.69, 9.17) is 5.32 Å². The quantitative estimate of drug-likeness (QED) is 0.446. The van der Waals surface area contributed by atoms with Crippen molar-refractivity contribution in [3.05, 3.63) is 17.1 Å². The first kappa shape index (κ1) is 21.3. The van der Waals surface area contributed by atoms with Crippen molar-refractivity contribution in [2.24, 2.45) is 11.8 Å². The minimum Gasteiger partial charge on any atom is -1.00 e. The van der Waals surface area contributed by atoms with Gasteiger partial charge in [-0.2, -0.15) is 0 Å². The van der Waals surface area contributed by atoms with Crippen LogP contribution in [0.3, 0.4) is 0 Å². The minimum absolute atomic E-state index is 0. The molecule has 0 aromatic rings. The van der Waals surface area contributed by atoms with E-state index in [1.54, 1.807) is 0 Å². The molecule has 4 aliphatic heterocycles. The summed E-state index contributed by atoms with van der Waals surface area (Å²) >= 11 is 0. The molecular formula is C17H25Cl2CoN2O-. The van der Waals surface area contributed by atoms with E-state index < -0.39 is 0 Å². The Balaban J connectivity index is 0.000000882. The van der Waals surface area contributed by atoms with Gasteiger partial charge in [0.05, 0.1) is 5.70 Å². The molecule has 5 aliphatic rings. The molecule has 4 saturated heterocycles. The monoisotopic (exact) mass is 402 g/mol. The normalized spacial score (nSPS) is 35.0. The largest absolute Gasteiger partial charge is 2.00 e. The molecule has 23 heavy (non-hydrogen) atoms. The molecule has 5 fully saturated rings. The molecule has 5 rings (SSSR count). The zero-order valence-electron chi connectivity index (χ0n) is 13.3. The molecule has 1 radical (unpaired) electrons. The van der Waals surface area contributed by atoms with E-state index in [0.717, 1.165) is 44.0 Å². The summed E-state index contributed by atoms with van der Waals surface area (Å²) in [6.07, 6.45) is 12.3. The van der Waals surface area contributed by atoms with Gasteiger partial charge in [-0.1, -0.05) is 50.5 Å². The van der Waals surface area contributed by atoms with Gasteiger partial charge in [0.25, 0.3) is 0 Å². The molecule has 3 unspecified atom stereocenters. The summed E-state index contributed by atoms with van der Waals surface area (Å²) in [6.45, 7) is 2.17. The number of hydrogen-bond acceptors (Lipinski definition) is 2. The molecule has 4 heterocycles. The van der Waals surface area contributed by atoms with E-state index in [1.165, 1.54) is 32.1 Å². The van der Waals surface area contributed by atoms with Crippen molar-refractivity contribution in [3.63, 3.8) is 0 Å². The fourth-order valence-electron chi connectivity index (χ4n) is 4.67. The summed E-state index contributed by atoms with van der Waals surface area (Å²) in [4.78, 5) is 14.7. The number of piperidine rings is 4. The van der Waals surface area contributed by atoms with Crippen LogP contribution in [0.15, 0.2) is 11.8 Å². The third-order valence-electron chi connectivity index (χ3n) is 5.89. The third-order valence-corrected chi connectivity index (χ3v) is 5.89. The SMILES string of the molecule is O=C1/C(=C/C2CCC3CCCCC3[N-]2)N2CCC1CC2.[Cl-].[Cl-].[Co+2]. The molecule has 3 nitrogen and oxygen atoms in total. The number of hydrogen-bond donors (Lipinski definition) is 0. The molecule has 1 aliphatic carbocycles. The summed E-state index contributed by atoms with van der Waals surface area (Å²) in [7, 11) is 0. The predicted molar refractivity (Wildman–Crippen MR) is 79.5 cm³/mol. The van der Waals surface area contributed by atoms with Gasteiger partial charge < -0.3 is 35.0 Å². The topological polar surface area (TPSA) is 34.4 Å². The Morgan fingerprint density at radius 1 is 0.957 bits per heavy atom. The molecule has 6 heteroatoms.